The molecule has 4 aromatic rings. The molecule has 2 saturated heterocycles. The van der Waals surface area contributed by atoms with E-state index in [9.17, 15) is 17.6 Å². The van der Waals surface area contributed by atoms with Crippen LogP contribution in [0, 0.1) is 5.82 Å². The molecule has 2 aromatic carbocycles. The molecule has 2 fully saturated rings. The topological polar surface area (TPSA) is 130 Å². The molecular weight excluding hydrogens is 613 g/mol. The molecule has 0 radical (unpaired) electrons. The maximum atomic E-state index is 13.4. The minimum Gasteiger partial charge on any atom is -0.454 e. The number of nitrogens with one attached hydrogen (secondary N) is 1. The standard InChI is InChI=1S/C32H32FN7O5S/c33-23-7-9-25(10-8-23)46(42,43)40-13-3-4-27(40)31(41)35-20-24-19-26(22-6-11-28-29(18-22)45-21-44-28)37-32(36-24)39-16-14-38(15-17-39)30-5-1-2-12-34-30/h1-2,5-12,18-19,27H,3-4,13-17,20-21H2,(H,35,41)/t27-/m0/s1. The second-order valence-corrected chi connectivity index (χ2v) is 13.1. The van der Waals surface area contributed by atoms with Gasteiger partial charge < -0.3 is 24.6 Å². The van der Waals surface area contributed by atoms with Crippen LogP contribution in [0.4, 0.5) is 16.2 Å². The number of sulfonamides is 1. The number of fused-ring (bicyclic) bond motifs is 1. The van der Waals surface area contributed by atoms with Gasteiger partial charge in [0.2, 0.25) is 28.7 Å². The number of hydrogen-bond donors (Lipinski definition) is 1. The van der Waals surface area contributed by atoms with Gasteiger partial charge in [-0.2, -0.15) is 4.31 Å². The highest BCUT2D eigenvalue weighted by Crippen LogP contribution is 2.36. The molecule has 1 amide bonds. The molecular formula is C32H32FN7O5S. The zero-order valence-corrected chi connectivity index (χ0v) is 25.7. The van der Waals surface area contributed by atoms with Crippen molar-refractivity contribution in [3.63, 3.8) is 0 Å². The van der Waals surface area contributed by atoms with Crippen LogP contribution in [0.15, 0.2) is 77.8 Å². The van der Waals surface area contributed by atoms with Crippen LogP contribution in [0.25, 0.3) is 11.3 Å². The highest BCUT2D eigenvalue weighted by molar-refractivity contribution is 7.89. The minimum atomic E-state index is -3.98. The molecule has 0 saturated carbocycles. The van der Waals surface area contributed by atoms with Gasteiger partial charge in [-0.05, 0) is 73.5 Å². The second kappa shape index (κ2) is 12.5. The predicted molar refractivity (Wildman–Crippen MR) is 167 cm³/mol. The van der Waals surface area contributed by atoms with Gasteiger partial charge in [-0.3, -0.25) is 4.79 Å². The lowest BCUT2D eigenvalue weighted by Crippen LogP contribution is -2.47. The summed E-state index contributed by atoms with van der Waals surface area (Å²) >= 11 is 0. The molecule has 3 aliphatic rings. The third-order valence-corrected chi connectivity index (χ3v) is 10.3. The Morgan fingerprint density at radius 1 is 0.913 bits per heavy atom. The van der Waals surface area contributed by atoms with Crippen molar-refractivity contribution in [1.82, 2.24) is 24.6 Å². The summed E-state index contributed by atoms with van der Waals surface area (Å²) in [5.41, 5.74) is 2.03. The van der Waals surface area contributed by atoms with Crippen molar-refractivity contribution in [3.05, 3.63) is 84.4 Å². The Morgan fingerprint density at radius 2 is 1.70 bits per heavy atom. The molecule has 3 aliphatic heterocycles. The maximum Gasteiger partial charge on any atom is 0.243 e. The van der Waals surface area contributed by atoms with Crippen LogP contribution in [0.3, 0.4) is 0 Å². The van der Waals surface area contributed by atoms with Crippen LogP contribution in [0.5, 0.6) is 11.5 Å². The van der Waals surface area contributed by atoms with E-state index in [2.05, 4.69) is 20.1 Å². The van der Waals surface area contributed by atoms with E-state index in [0.29, 0.717) is 54.8 Å². The lowest BCUT2D eigenvalue weighted by molar-refractivity contribution is -0.124. The van der Waals surface area contributed by atoms with Crippen LogP contribution in [0.1, 0.15) is 18.5 Å². The van der Waals surface area contributed by atoms with Gasteiger partial charge in [0.1, 0.15) is 17.7 Å². The number of pyridine rings is 1. The Kier molecular flexibility index (Phi) is 8.13. The zero-order chi connectivity index (χ0) is 31.7. The molecule has 0 spiro atoms. The number of amides is 1. The van der Waals surface area contributed by atoms with Gasteiger partial charge in [0.15, 0.2) is 11.5 Å². The van der Waals surface area contributed by atoms with Gasteiger partial charge in [0.25, 0.3) is 0 Å². The SMILES string of the molecule is O=C(NCc1cc(-c2ccc3c(c2)OCO3)nc(N2CCN(c3ccccn3)CC2)n1)[C@@H]1CCCN1S(=O)(=O)c1ccc(F)cc1. The van der Waals surface area contributed by atoms with Gasteiger partial charge in [-0.15, -0.1) is 0 Å². The van der Waals surface area contributed by atoms with Crippen molar-refractivity contribution in [1.29, 1.82) is 0 Å². The van der Waals surface area contributed by atoms with Crippen molar-refractivity contribution in [2.75, 3.05) is 49.3 Å². The highest BCUT2D eigenvalue weighted by atomic mass is 32.2. The van der Waals surface area contributed by atoms with Crippen LogP contribution >= 0.6 is 0 Å². The largest absolute Gasteiger partial charge is 0.454 e. The fourth-order valence-corrected chi connectivity index (χ4v) is 7.58. The molecule has 1 N–H and O–H groups in total. The maximum absolute atomic E-state index is 13.4. The van der Waals surface area contributed by atoms with Gasteiger partial charge in [-0.1, -0.05) is 6.07 Å². The molecule has 46 heavy (non-hydrogen) atoms. The lowest BCUT2D eigenvalue weighted by Gasteiger charge is -2.35. The van der Waals surface area contributed by atoms with E-state index < -0.39 is 27.8 Å². The molecule has 0 bridgehead atoms. The van der Waals surface area contributed by atoms with Gasteiger partial charge in [0, 0.05) is 44.5 Å². The lowest BCUT2D eigenvalue weighted by atomic mass is 10.1. The van der Waals surface area contributed by atoms with E-state index in [1.54, 1.807) is 6.20 Å². The Labute approximate surface area is 265 Å². The number of aromatic nitrogens is 3. The summed E-state index contributed by atoms with van der Waals surface area (Å²) in [6.45, 7) is 3.24. The number of carbonyl (C=O) groups is 1. The first-order valence-electron chi connectivity index (χ1n) is 15.1. The van der Waals surface area contributed by atoms with E-state index >= 15 is 0 Å². The number of piperazine rings is 1. The van der Waals surface area contributed by atoms with E-state index in [-0.39, 0.29) is 24.8 Å². The molecule has 0 unspecified atom stereocenters. The van der Waals surface area contributed by atoms with E-state index in [0.717, 1.165) is 36.6 Å². The molecule has 238 valence electrons. The van der Waals surface area contributed by atoms with E-state index in [4.69, 9.17) is 19.4 Å². The minimum absolute atomic E-state index is 0.0504. The van der Waals surface area contributed by atoms with Crippen molar-refractivity contribution in [2.24, 2.45) is 0 Å². The fourth-order valence-electron chi connectivity index (χ4n) is 5.92. The highest BCUT2D eigenvalue weighted by Gasteiger charge is 2.39. The van der Waals surface area contributed by atoms with E-state index in [1.807, 2.05) is 42.5 Å². The van der Waals surface area contributed by atoms with Gasteiger partial charge in [0.05, 0.1) is 22.8 Å². The first kappa shape index (κ1) is 29.9. The average Bonchev–Trinajstić information content (AvgIpc) is 3.78. The quantitative estimate of drug-likeness (QED) is 0.305. The van der Waals surface area contributed by atoms with Crippen LogP contribution in [0.2, 0.25) is 0 Å². The summed E-state index contributed by atoms with van der Waals surface area (Å²) in [7, 11) is -3.98. The molecule has 5 heterocycles. The third kappa shape index (κ3) is 6.05. The van der Waals surface area contributed by atoms with Crippen LogP contribution in [-0.2, 0) is 21.4 Å². The number of hydrogen-bond acceptors (Lipinski definition) is 10. The average molecular weight is 646 g/mol. The van der Waals surface area contributed by atoms with Crippen molar-refractivity contribution >= 4 is 27.7 Å². The first-order chi connectivity index (χ1) is 22.3. The monoisotopic (exact) mass is 645 g/mol. The number of ether oxygens (including phenoxy) is 2. The first-order valence-corrected chi connectivity index (χ1v) is 16.5. The smallest absolute Gasteiger partial charge is 0.243 e. The predicted octanol–water partition coefficient (Wildman–Crippen LogP) is 3.20. The summed E-state index contributed by atoms with van der Waals surface area (Å²) in [6, 6.07) is 17.0. The van der Waals surface area contributed by atoms with Crippen LogP contribution < -0.4 is 24.6 Å². The second-order valence-electron chi connectivity index (χ2n) is 11.2. The summed E-state index contributed by atoms with van der Waals surface area (Å²) in [4.78, 5) is 31.9. The molecule has 2 aromatic heterocycles. The summed E-state index contributed by atoms with van der Waals surface area (Å²) in [6.07, 6.45) is 2.70. The number of halogens is 1. The molecule has 1 atom stereocenters. The summed E-state index contributed by atoms with van der Waals surface area (Å²) in [5, 5.41) is 2.91. The summed E-state index contributed by atoms with van der Waals surface area (Å²) < 4.78 is 52.3. The summed E-state index contributed by atoms with van der Waals surface area (Å²) in [5.74, 6) is 1.78. The molecule has 0 aliphatic carbocycles. The molecule has 14 heteroatoms. The number of nitrogens with zero attached hydrogens (tertiary/aromatic N) is 6. The normalized spacial score (nSPS) is 18.2. The van der Waals surface area contributed by atoms with Crippen LogP contribution in [-0.4, -0.2) is 79.1 Å². The Hall–Kier alpha value is -4.82. The molecule has 12 nitrogen and oxygen atoms in total. The van der Waals surface area contributed by atoms with Crippen molar-refractivity contribution < 1.29 is 27.1 Å². The number of benzene rings is 2. The number of carbonyl (C=O) groups excluding carboxylic acids is 1. The van der Waals surface area contributed by atoms with E-state index in [1.165, 1.54) is 16.4 Å². The van der Waals surface area contributed by atoms with Crippen molar-refractivity contribution in [3.8, 4) is 22.8 Å². The van der Waals surface area contributed by atoms with Crippen molar-refractivity contribution in [2.45, 2.75) is 30.3 Å². The molecule has 7 rings (SSSR count). The van der Waals surface area contributed by atoms with Gasteiger partial charge >= 0.3 is 0 Å². The number of anilines is 2. The Balaban J connectivity index is 1.11. The Morgan fingerprint density at radius 3 is 2.48 bits per heavy atom. The Bertz CT molecular complexity index is 1840. The van der Waals surface area contributed by atoms with Gasteiger partial charge in [-0.25, -0.2) is 27.8 Å². The number of rotatable bonds is 8. The zero-order valence-electron chi connectivity index (χ0n) is 24.9. The fraction of sp³-hybridized carbons (Fsp3) is 0.312. The third-order valence-electron chi connectivity index (χ3n) is 8.34.